The number of halogens is 1. The first-order valence-electron chi connectivity index (χ1n) is 7.06. The topological polar surface area (TPSA) is 33.1 Å². The summed E-state index contributed by atoms with van der Waals surface area (Å²) in [7, 11) is 6.12. The Hall–Kier alpha value is -0.230. The number of hydrogen-bond acceptors (Lipinski definition) is 4. The van der Waals surface area contributed by atoms with Crippen LogP contribution in [0.3, 0.4) is 0 Å². The molecule has 0 aliphatic heterocycles. The lowest BCUT2D eigenvalue weighted by molar-refractivity contribution is 0.365. The van der Waals surface area contributed by atoms with Gasteiger partial charge in [0.2, 0.25) is 0 Å². The molecule has 6 heteroatoms. The number of aromatic nitrogens is 2. The maximum atomic E-state index is 6.33. The smallest absolute Gasteiger partial charge is 0.0834 e. The van der Waals surface area contributed by atoms with Gasteiger partial charge in [-0.05, 0) is 32.8 Å². The minimum atomic E-state index is 0.246. The van der Waals surface area contributed by atoms with Gasteiger partial charge in [-0.15, -0.1) is 0 Å². The summed E-state index contributed by atoms with van der Waals surface area (Å²) < 4.78 is 2.03. The first-order valence-corrected chi connectivity index (χ1v) is 8.59. The molecule has 0 radical (unpaired) electrons. The van der Waals surface area contributed by atoms with Crippen molar-refractivity contribution in [2.45, 2.75) is 26.4 Å². The summed E-state index contributed by atoms with van der Waals surface area (Å²) in [4.78, 5) is 2.15. The van der Waals surface area contributed by atoms with Crippen molar-refractivity contribution in [1.29, 1.82) is 0 Å². The number of rotatable bonds is 9. The van der Waals surface area contributed by atoms with Crippen molar-refractivity contribution in [2.75, 3.05) is 39.2 Å². The van der Waals surface area contributed by atoms with Gasteiger partial charge in [0.1, 0.15) is 0 Å². The third-order valence-electron chi connectivity index (χ3n) is 3.01. The molecule has 1 aromatic rings. The van der Waals surface area contributed by atoms with E-state index in [0.29, 0.717) is 5.92 Å². The van der Waals surface area contributed by atoms with Gasteiger partial charge in [0, 0.05) is 12.3 Å². The molecule has 0 saturated carbocycles. The quantitative estimate of drug-likeness (QED) is 0.759. The van der Waals surface area contributed by atoms with Crippen molar-refractivity contribution >= 4 is 23.4 Å². The second-order valence-electron chi connectivity index (χ2n) is 5.68. The van der Waals surface area contributed by atoms with Crippen molar-refractivity contribution in [3.63, 3.8) is 0 Å². The van der Waals surface area contributed by atoms with Crippen LogP contribution in [-0.4, -0.2) is 53.9 Å². The Morgan fingerprint density at radius 3 is 2.65 bits per heavy atom. The van der Waals surface area contributed by atoms with Crippen LogP contribution in [0.1, 0.15) is 25.6 Å². The Balaban J connectivity index is 2.72. The van der Waals surface area contributed by atoms with Crippen LogP contribution in [0.4, 0.5) is 0 Å². The first-order chi connectivity index (χ1) is 9.45. The fraction of sp³-hybridized carbons (Fsp3) is 0.786. The predicted molar refractivity (Wildman–Crippen MR) is 89.8 cm³/mol. The highest BCUT2D eigenvalue weighted by Crippen LogP contribution is 2.26. The van der Waals surface area contributed by atoms with E-state index < -0.39 is 0 Å². The molecule has 1 atom stereocenters. The monoisotopic (exact) mass is 318 g/mol. The predicted octanol–water partition coefficient (Wildman–Crippen LogP) is 2.75. The van der Waals surface area contributed by atoms with Crippen molar-refractivity contribution in [2.24, 2.45) is 5.92 Å². The summed E-state index contributed by atoms with van der Waals surface area (Å²) in [5.41, 5.74) is 1.10. The molecule has 0 aliphatic rings. The number of likely N-dealkylation sites (N-methyl/N-ethyl adjacent to an activating group) is 1. The van der Waals surface area contributed by atoms with E-state index in [1.807, 2.05) is 23.5 Å². The van der Waals surface area contributed by atoms with E-state index in [9.17, 15) is 0 Å². The molecule has 0 bridgehead atoms. The van der Waals surface area contributed by atoms with E-state index in [-0.39, 0.29) is 6.04 Å². The Labute approximate surface area is 132 Å². The maximum Gasteiger partial charge on any atom is 0.0834 e. The highest BCUT2D eigenvalue weighted by Gasteiger charge is 2.19. The third kappa shape index (κ3) is 5.64. The van der Waals surface area contributed by atoms with E-state index in [0.717, 1.165) is 29.6 Å². The van der Waals surface area contributed by atoms with Crippen LogP contribution in [-0.2, 0) is 6.54 Å². The minimum absolute atomic E-state index is 0.246. The van der Waals surface area contributed by atoms with Gasteiger partial charge in [-0.3, -0.25) is 4.68 Å². The Kier molecular flexibility index (Phi) is 7.95. The van der Waals surface area contributed by atoms with Crippen LogP contribution in [0.2, 0.25) is 5.02 Å². The van der Waals surface area contributed by atoms with E-state index in [1.165, 1.54) is 5.75 Å². The average Bonchev–Trinajstić information content (AvgIpc) is 2.73. The second kappa shape index (κ2) is 8.93. The fourth-order valence-corrected chi connectivity index (χ4v) is 3.35. The van der Waals surface area contributed by atoms with Crippen LogP contribution in [0.15, 0.2) is 6.20 Å². The largest absolute Gasteiger partial charge is 0.311 e. The van der Waals surface area contributed by atoms with Gasteiger partial charge >= 0.3 is 0 Å². The first kappa shape index (κ1) is 17.8. The van der Waals surface area contributed by atoms with Gasteiger partial charge in [-0.1, -0.05) is 25.4 Å². The van der Waals surface area contributed by atoms with Crippen molar-refractivity contribution in [3.8, 4) is 0 Å². The molecule has 20 heavy (non-hydrogen) atoms. The molecule has 1 unspecified atom stereocenters. The molecule has 0 aliphatic carbocycles. The standard InChI is InChI=1S/C14H27ClN4S/c1-11(2)9-20-10-13(16-3)14-12(15)8-17-19(14)7-6-18(4)5/h8,11,13,16H,6-7,9-10H2,1-5H3. The number of thioether (sulfide) groups is 1. The second-order valence-corrected chi connectivity index (χ2v) is 7.16. The summed E-state index contributed by atoms with van der Waals surface area (Å²) in [5.74, 6) is 2.90. The molecule has 0 spiro atoms. The molecule has 1 rings (SSSR count). The lowest BCUT2D eigenvalue weighted by atomic mass is 10.2. The zero-order valence-electron chi connectivity index (χ0n) is 13.2. The van der Waals surface area contributed by atoms with E-state index in [1.54, 1.807) is 6.20 Å². The molecule has 0 aromatic carbocycles. The summed E-state index contributed by atoms with van der Waals surface area (Å²) in [6, 6.07) is 0.246. The molecule has 4 nitrogen and oxygen atoms in total. The third-order valence-corrected chi connectivity index (χ3v) is 4.77. The normalized spacial score (nSPS) is 13.4. The maximum absolute atomic E-state index is 6.33. The van der Waals surface area contributed by atoms with E-state index in [4.69, 9.17) is 11.6 Å². The summed E-state index contributed by atoms with van der Waals surface area (Å²) in [6.45, 7) is 6.31. The van der Waals surface area contributed by atoms with Crippen molar-refractivity contribution in [3.05, 3.63) is 16.9 Å². The van der Waals surface area contributed by atoms with Gasteiger partial charge in [-0.25, -0.2) is 0 Å². The average molecular weight is 319 g/mol. The van der Waals surface area contributed by atoms with Gasteiger partial charge in [0.05, 0.1) is 29.5 Å². The van der Waals surface area contributed by atoms with Gasteiger partial charge < -0.3 is 10.2 Å². The molecular formula is C14H27ClN4S. The molecule has 1 N–H and O–H groups in total. The molecule has 0 fully saturated rings. The number of nitrogens with one attached hydrogen (secondary N) is 1. The van der Waals surface area contributed by atoms with E-state index >= 15 is 0 Å². The summed E-state index contributed by atoms with van der Waals surface area (Å²) in [6.07, 6.45) is 1.75. The van der Waals surface area contributed by atoms with Crippen LogP contribution < -0.4 is 5.32 Å². The highest BCUT2D eigenvalue weighted by atomic mass is 35.5. The van der Waals surface area contributed by atoms with Crippen molar-refractivity contribution < 1.29 is 0 Å². The molecular weight excluding hydrogens is 292 g/mol. The SMILES string of the molecule is CNC(CSCC(C)C)c1c(Cl)cnn1CCN(C)C. The molecule has 1 heterocycles. The fourth-order valence-electron chi connectivity index (χ4n) is 1.91. The summed E-state index contributed by atoms with van der Waals surface area (Å²) in [5, 5.41) is 8.53. The van der Waals surface area contributed by atoms with Gasteiger partial charge in [-0.2, -0.15) is 16.9 Å². The lowest BCUT2D eigenvalue weighted by Gasteiger charge is -2.20. The molecule has 0 amide bonds. The van der Waals surface area contributed by atoms with Crippen LogP contribution >= 0.6 is 23.4 Å². The number of hydrogen-bond donors (Lipinski definition) is 1. The van der Waals surface area contributed by atoms with Crippen molar-refractivity contribution in [1.82, 2.24) is 20.0 Å². The highest BCUT2D eigenvalue weighted by molar-refractivity contribution is 7.99. The number of nitrogens with zero attached hydrogens (tertiary/aromatic N) is 3. The molecule has 0 saturated heterocycles. The Bertz CT molecular complexity index is 393. The van der Waals surface area contributed by atoms with Crippen LogP contribution in [0.5, 0.6) is 0 Å². The summed E-state index contributed by atoms with van der Waals surface area (Å²) >= 11 is 8.29. The van der Waals surface area contributed by atoms with Crippen LogP contribution in [0.25, 0.3) is 0 Å². The molecule has 116 valence electrons. The van der Waals surface area contributed by atoms with Crippen LogP contribution in [0, 0.1) is 5.92 Å². The zero-order valence-corrected chi connectivity index (χ0v) is 14.8. The zero-order chi connectivity index (χ0) is 15.1. The van der Waals surface area contributed by atoms with E-state index in [2.05, 4.69) is 43.3 Å². The Morgan fingerprint density at radius 2 is 2.10 bits per heavy atom. The van der Waals surface area contributed by atoms with Gasteiger partial charge in [0.15, 0.2) is 0 Å². The molecule has 1 aromatic heterocycles. The minimum Gasteiger partial charge on any atom is -0.311 e. The van der Waals surface area contributed by atoms with Gasteiger partial charge in [0.25, 0.3) is 0 Å². The Morgan fingerprint density at radius 1 is 1.40 bits per heavy atom. The lowest BCUT2D eigenvalue weighted by Crippen LogP contribution is -2.26.